The summed E-state index contributed by atoms with van der Waals surface area (Å²) >= 11 is 1.48. The van der Waals surface area contributed by atoms with Gasteiger partial charge in [0.05, 0.1) is 21.4 Å². The van der Waals surface area contributed by atoms with E-state index in [0.717, 1.165) is 59.2 Å². The number of aromatic nitrogens is 3. The number of halogens is 1. The Balaban J connectivity index is 1.41. The summed E-state index contributed by atoms with van der Waals surface area (Å²) in [7, 11) is 0. The first kappa shape index (κ1) is 20.2. The molecule has 0 saturated carbocycles. The zero-order valence-corrected chi connectivity index (χ0v) is 18.2. The fourth-order valence-electron chi connectivity index (χ4n) is 3.95. The van der Waals surface area contributed by atoms with Gasteiger partial charge in [-0.25, -0.2) is 14.4 Å². The predicted octanol–water partition coefficient (Wildman–Crippen LogP) is 5.01. The van der Waals surface area contributed by atoms with Gasteiger partial charge in [0.1, 0.15) is 17.7 Å². The minimum atomic E-state index is -0.244. The molecular weight excluding hydrogens is 387 g/mol. The summed E-state index contributed by atoms with van der Waals surface area (Å²) in [5.41, 5.74) is 3.17. The number of rotatable bonds is 5. The summed E-state index contributed by atoms with van der Waals surface area (Å²) in [4.78, 5) is 15.7. The maximum atomic E-state index is 14.7. The van der Waals surface area contributed by atoms with Gasteiger partial charge in [0, 0.05) is 36.6 Å². The van der Waals surface area contributed by atoms with E-state index in [-0.39, 0.29) is 18.0 Å². The molecule has 4 rings (SSSR count). The van der Waals surface area contributed by atoms with Crippen molar-refractivity contribution in [3.8, 4) is 5.75 Å². The molecule has 154 valence electrons. The van der Waals surface area contributed by atoms with E-state index in [0.29, 0.717) is 11.3 Å². The third kappa shape index (κ3) is 4.41. The average Bonchev–Trinajstić information content (AvgIpc) is 3.05. The highest BCUT2D eigenvalue weighted by Gasteiger charge is 2.27. The fraction of sp³-hybridized carbons (Fsp3) is 0.500. The summed E-state index contributed by atoms with van der Waals surface area (Å²) in [5.74, 6) is 0.657. The Kier molecular flexibility index (Phi) is 5.79. The molecule has 0 bridgehead atoms. The number of piperidine rings is 1. The summed E-state index contributed by atoms with van der Waals surface area (Å²) in [6, 6.07) is 5.52. The molecule has 3 aromatic heterocycles. The molecule has 1 atom stereocenters. The van der Waals surface area contributed by atoms with E-state index in [4.69, 9.17) is 4.74 Å². The Bertz CT molecular complexity index is 1010. The van der Waals surface area contributed by atoms with Crippen LogP contribution >= 0.6 is 11.3 Å². The fourth-order valence-corrected chi connectivity index (χ4v) is 4.75. The van der Waals surface area contributed by atoms with Gasteiger partial charge in [-0.15, -0.1) is 11.3 Å². The van der Waals surface area contributed by atoms with E-state index in [1.54, 1.807) is 6.07 Å². The third-order valence-electron chi connectivity index (χ3n) is 5.54. The molecule has 0 amide bonds. The quantitative estimate of drug-likeness (QED) is 0.587. The van der Waals surface area contributed by atoms with Crippen LogP contribution in [-0.4, -0.2) is 39.0 Å². The van der Waals surface area contributed by atoms with Gasteiger partial charge in [0.25, 0.3) is 0 Å². The van der Waals surface area contributed by atoms with E-state index in [1.807, 2.05) is 32.9 Å². The van der Waals surface area contributed by atoms with Crippen molar-refractivity contribution in [1.82, 2.24) is 19.9 Å². The Morgan fingerprint density at radius 2 is 1.93 bits per heavy atom. The number of likely N-dealkylation sites (tertiary alicyclic amines) is 1. The second-order valence-corrected chi connectivity index (χ2v) is 8.96. The number of nitrogens with zero attached hydrogens (tertiary/aromatic N) is 4. The third-order valence-corrected chi connectivity index (χ3v) is 6.44. The highest BCUT2D eigenvalue weighted by molar-refractivity contribution is 7.18. The lowest BCUT2D eigenvalue weighted by atomic mass is 10.0. The number of ether oxygens (including phenoxy) is 1. The molecular formula is C22H27FN4OS. The molecule has 1 unspecified atom stereocenters. The monoisotopic (exact) mass is 414 g/mol. The molecule has 1 saturated heterocycles. The molecule has 1 fully saturated rings. The number of hydrogen-bond donors (Lipinski definition) is 0. The van der Waals surface area contributed by atoms with Crippen molar-refractivity contribution in [3.05, 3.63) is 46.1 Å². The van der Waals surface area contributed by atoms with Crippen molar-refractivity contribution in [2.24, 2.45) is 0 Å². The van der Waals surface area contributed by atoms with Crippen LogP contribution in [0.1, 0.15) is 54.8 Å². The Hall–Kier alpha value is -2.12. The van der Waals surface area contributed by atoms with E-state index >= 15 is 0 Å². The highest BCUT2D eigenvalue weighted by Crippen LogP contribution is 2.30. The van der Waals surface area contributed by atoms with Crippen LogP contribution in [0, 0.1) is 19.7 Å². The van der Waals surface area contributed by atoms with Crippen LogP contribution in [-0.2, 0) is 6.42 Å². The molecule has 0 aromatic carbocycles. The van der Waals surface area contributed by atoms with Crippen LogP contribution in [0.5, 0.6) is 5.75 Å². The number of hydrogen-bond acceptors (Lipinski definition) is 6. The Morgan fingerprint density at radius 1 is 1.17 bits per heavy atom. The maximum absolute atomic E-state index is 14.7. The van der Waals surface area contributed by atoms with Crippen LogP contribution in [0.4, 0.5) is 4.39 Å². The summed E-state index contributed by atoms with van der Waals surface area (Å²) in [6.07, 6.45) is 2.89. The Labute approximate surface area is 175 Å². The molecule has 4 heterocycles. The lowest BCUT2D eigenvalue weighted by Crippen LogP contribution is -2.40. The minimum absolute atomic E-state index is 0.0859. The van der Waals surface area contributed by atoms with Crippen molar-refractivity contribution in [2.75, 3.05) is 13.1 Å². The van der Waals surface area contributed by atoms with E-state index < -0.39 is 0 Å². The molecule has 1 aliphatic rings. The molecule has 29 heavy (non-hydrogen) atoms. The first-order valence-electron chi connectivity index (χ1n) is 10.2. The molecule has 0 aliphatic carbocycles. The molecule has 5 nitrogen and oxygen atoms in total. The zero-order valence-electron chi connectivity index (χ0n) is 17.4. The van der Waals surface area contributed by atoms with Gasteiger partial charge in [-0.05, 0) is 46.1 Å². The average molecular weight is 415 g/mol. The van der Waals surface area contributed by atoms with Gasteiger partial charge in [-0.3, -0.25) is 9.88 Å². The van der Waals surface area contributed by atoms with Gasteiger partial charge >= 0.3 is 0 Å². The van der Waals surface area contributed by atoms with Gasteiger partial charge < -0.3 is 4.74 Å². The van der Waals surface area contributed by atoms with Crippen LogP contribution in [0.25, 0.3) is 10.3 Å². The molecule has 1 aliphatic heterocycles. The summed E-state index contributed by atoms with van der Waals surface area (Å²) < 4.78 is 21.7. The zero-order chi connectivity index (χ0) is 20.5. The first-order chi connectivity index (χ1) is 13.9. The van der Waals surface area contributed by atoms with Crippen LogP contribution in [0.2, 0.25) is 0 Å². The van der Waals surface area contributed by atoms with E-state index in [1.165, 1.54) is 11.3 Å². The SMILES string of the molecule is CCc1cc(OC2CCN(C(C)c3nc4nc(C)sc4cc3F)CC2)cc(C)n1. The van der Waals surface area contributed by atoms with Crippen molar-refractivity contribution >= 4 is 21.7 Å². The molecule has 3 aromatic rings. The molecule has 0 N–H and O–H groups in total. The van der Waals surface area contributed by atoms with Crippen LogP contribution in [0.15, 0.2) is 18.2 Å². The first-order valence-corrected chi connectivity index (χ1v) is 11.1. The van der Waals surface area contributed by atoms with Gasteiger partial charge in [0.2, 0.25) is 0 Å². The second kappa shape index (κ2) is 8.32. The molecule has 0 spiro atoms. The van der Waals surface area contributed by atoms with Gasteiger partial charge in [0.15, 0.2) is 5.65 Å². The van der Waals surface area contributed by atoms with Crippen molar-refractivity contribution in [3.63, 3.8) is 0 Å². The largest absolute Gasteiger partial charge is 0.490 e. The minimum Gasteiger partial charge on any atom is -0.490 e. The van der Waals surface area contributed by atoms with Crippen molar-refractivity contribution in [1.29, 1.82) is 0 Å². The molecule has 0 radical (unpaired) electrons. The number of thiazole rings is 1. The number of pyridine rings is 2. The van der Waals surface area contributed by atoms with Crippen molar-refractivity contribution in [2.45, 2.75) is 59.1 Å². The lowest BCUT2D eigenvalue weighted by molar-refractivity contribution is 0.0776. The lowest BCUT2D eigenvalue weighted by Gasteiger charge is -2.35. The standard InChI is InChI=1S/C22H27FN4OS/c1-5-16-11-18(10-13(2)24-16)28-17-6-8-27(9-7-17)14(3)21-19(23)12-20-22(26-21)25-15(4)29-20/h10-12,14,17H,5-9H2,1-4H3. The number of fused-ring (bicyclic) bond motifs is 1. The molecule has 7 heteroatoms. The van der Waals surface area contributed by atoms with E-state index in [2.05, 4.69) is 26.8 Å². The van der Waals surface area contributed by atoms with Gasteiger partial charge in [-0.2, -0.15) is 0 Å². The number of aryl methyl sites for hydroxylation is 3. The second-order valence-electron chi connectivity index (χ2n) is 7.73. The van der Waals surface area contributed by atoms with Crippen LogP contribution < -0.4 is 4.74 Å². The van der Waals surface area contributed by atoms with E-state index in [9.17, 15) is 4.39 Å². The van der Waals surface area contributed by atoms with Crippen LogP contribution in [0.3, 0.4) is 0 Å². The highest BCUT2D eigenvalue weighted by atomic mass is 32.1. The predicted molar refractivity (Wildman–Crippen MR) is 114 cm³/mol. The smallest absolute Gasteiger partial charge is 0.171 e. The van der Waals surface area contributed by atoms with Gasteiger partial charge in [-0.1, -0.05) is 6.92 Å². The summed E-state index contributed by atoms with van der Waals surface area (Å²) in [5, 5.41) is 0.909. The normalized spacial score (nSPS) is 17.0. The topological polar surface area (TPSA) is 51.1 Å². The Morgan fingerprint density at radius 3 is 2.66 bits per heavy atom. The maximum Gasteiger partial charge on any atom is 0.171 e. The van der Waals surface area contributed by atoms with Crippen molar-refractivity contribution < 1.29 is 9.13 Å². The summed E-state index contributed by atoms with van der Waals surface area (Å²) in [6.45, 7) is 9.75.